The number of aromatic amines is 1. The van der Waals surface area contributed by atoms with Gasteiger partial charge in [-0.05, 0) is 11.6 Å². The molecule has 2 heterocycles. The van der Waals surface area contributed by atoms with Crippen LogP contribution in [0.5, 0.6) is 0 Å². The third-order valence-corrected chi connectivity index (χ3v) is 3.83. The van der Waals surface area contributed by atoms with Gasteiger partial charge in [-0.3, -0.25) is 0 Å². The molecular weight excluding hydrogens is 289 g/mol. The third kappa shape index (κ3) is 2.20. The summed E-state index contributed by atoms with van der Waals surface area (Å²) in [5, 5.41) is 0.299. The topological polar surface area (TPSA) is 45.8 Å². The van der Waals surface area contributed by atoms with Crippen molar-refractivity contribution in [3.8, 4) is 11.3 Å². The van der Waals surface area contributed by atoms with Gasteiger partial charge in [-0.25, -0.2) is 4.79 Å². The van der Waals surface area contributed by atoms with Gasteiger partial charge in [-0.15, -0.1) is 11.3 Å². The molecule has 1 N–H and O–H groups in total. The predicted octanol–water partition coefficient (Wildman–Crippen LogP) is 3.67. The first-order valence-corrected chi connectivity index (χ1v) is 6.43. The Balaban J connectivity index is 2.32. The van der Waals surface area contributed by atoms with Crippen LogP contribution >= 0.6 is 11.3 Å². The molecule has 0 radical (unpaired) electrons. The summed E-state index contributed by atoms with van der Waals surface area (Å²) in [7, 11) is 0. The Morgan fingerprint density at radius 2 is 1.85 bits per heavy atom. The first-order valence-electron chi connectivity index (χ1n) is 5.61. The van der Waals surface area contributed by atoms with E-state index in [0.717, 1.165) is 6.07 Å². The zero-order chi connectivity index (χ0) is 14.3. The van der Waals surface area contributed by atoms with E-state index in [0.29, 0.717) is 28.0 Å². The Kier molecular flexibility index (Phi) is 2.86. The lowest BCUT2D eigenvalue weighted by Crippen LogP contribution is -2.10. The van der Waals surface area contributed by atoms with Crippen molar-refractivity contribution in [1.29, 1.82) is 0 Å². The van der Waals surface area contributed by atoms with E-state index in [-0.39, 0.29) is 4.83 Å². The average molecular weight is 296 g/mol. The fraction of sp³-hybridized carbons (Fsp3) is 0.0769. The Bertz CT molecular complexity index is 821. The first kappa shape index (κ1) is 12.9. The molecule has 102 valence electrons. The highest BCUT2D eigenvalue weighted by molar-refractivity contribution is 7.18. The molecule has 0 bridgehead atoms. The minimum atomic E-state index is -4.44. The van der Waals surface area contributed by atoms with E-state index in [1.54, 1.807) is 30.3 Å². The van der Waals surface area contributed by atoms with Crippen LogP contribution < -0.4 is 5.69 Å². The van der Waals surface area contributed by atoms with Gasteiger partial charge in [0.25, 0.3) is 0 Å². The fourth-order valence-electron chi connectivity index (χ4n) is 1.91. The molecule has 3 nitrogen and oxygen atoms in total. The van der Waals surface area contributed by atoms with Crippen molar-refractivity contribution < 1.29 is 13.2 Å². The zero-order valence-electron chi connectivity index (χ0n) is 9.86. The maximum Gasteiger partial charge on any atom is 0.425 e. The lowest BCUT2D eigenvalue weighted by molar-refractivity contribution is -0.134. The second-order valence-corrected chi connectivity index (χ2v) is 5.14. The molecule has 0 saturated heterocycles. The molecule has 7 heteroatoms. The van der Waals surface area contributed by atoms with E-state index in [1.807, 2.05) is 0 Å². The summed E-state index contributed by atoms with van der Waals surface area (Å²) in [6.45, 7) is 0. The molecule has 0 saturated carbocycles. The van der Waals surface area contributed by atoms with E-state index in [4.69, 9.17) is 0 Å². The van der Waals surface area contributed by atoms with Crippen LogP contribution in [0.25, 0.3) is 21.5 Å². The molecule has 0 unspecified atom stereocenters. The van der Waals surface area contributed by atoms with Crippen molar-refractivity contribution in [3.63, 3.8) is 0 Å². The summed E-state index contributed by atoms with van der Waals surface area (Å²) in [5.41, 5.74) is 0.336. The van der Waals surface area contributed by atoms with Crippen molar-refractivity contribution in [3.05, 3.63) is 51.8 Å². The number of H-pyrrole nitrogens is 1. The minimum absolute atomic E-state index is 0.0833. The van der Waals surface area contributed by atoms with E-state index >= 15 is 0 Å². The summed E-state index contributed by atoms with van der Waals surface area (Å²) in [6, 6.07) is 9.74. The van der Waals surface area contributed by atoms with Gasteiger partial charge in [0.15, 0.2) is 0 Å². The Morgan fingerprint density at radius 3 is 2.50 bits per heavy atom. The second-order valence-electron chi connectivity index (χ2n) is 4.11. The highest BCUT2D eigenvalue weighted by Gasteiger charge is 2.33. The molecule has 2 aromatic heterocycles. The first-order chi connectivity index (χ1) is 9.45. The number of hydrogen-bond acceptors (Lipinski definition) is 3. The molecule has 0 spiro atoms. The van der Waals surface area contributed by atoms with Crippen LogP contribution in [0.4, 0.5) is 13.2 Å². The Morgan fingerprint density at radius 1 is 1.15 bits per heavy atom. The number of fused-ring (bicyclic) bond motifs is 1. The SMILES string of the molecule is O=c1nc2sc(C(F)(F)F)cc2c(-c2ccccc2)[nH]1. The number of alkyl halides is 3. The molecule has 0 aliphatic carbocycles. The molecule has 3 rings (SSSR count). The normalized spacial score (nSPS) is 11.9. The second kappa shape index (κ2) is 4.45. The molecule has 0 aliphatic rings. The molecule has 3 aromatic rings. The van der Waals surface area contributed by atoms with Crippen LogP contribution in [0.2, 0.25) is 0 Å². The largest absolute Gasteiger partial charge is 0.425 e. The quantitative estimate of drug-likeness (QED) is 0.744. The maximum atomic E-state index is 12.8. The molecule has 20 heavy (non-hydrogen) atoms. The number of nitrogens with zero attached hydrogens (tertiary/aromatic N) is 1. The molecule has 1 aromatic carbocycles. The molecule has 0 amide bonds. The van der Waals surface area contributed by atoms with Gasteiger partial charge in [-0.2, -0.15) is 18.2 Å². The number of rotatable bonds is 1. The van der Waals surface area contributed by atoms with E-state index < -0.39 is 16.7 Å². The number of thiophene rings is 1. The number of halogens is 3. The van der Waals surface area contributed by atoms with Gasteiger partial charge < -0.3 is 4.98 Å². The number of benzene rings is 1. The molecule has 0 atom stereocenters. The van der Waals surface area contributed by atoms with Crippen molar-refractivity contribution >= 4 is 21.6 Å². The smallest absolute Gasteiger partial charge is 0.305 e. The average Bonchev–Trinajstić information content (AvgIpc) is 2.82. The van der Waals surface area contributed by atoms with Crippen LogP contribution in [0, 0.1) is 0 Å². The molecular formula is C13H7F3N2OS. The standard InChI is InChI=1S/C13H7F3N2OS/c14-13(15,16)9-6-8-10(7-4-2-1-3-5-7)17-12(19)18-11(8)20-9/h1-6H,(H,17,18,19). The third-order valence-electron chi connectivity index (χ3n) is 2.76. The summed E-state index contributed by atoms with van der Waals surface area (Å²) in [4.78, 5) is 16.9. The zero-order valence-corrected chi connectivity index (χ0v) is 10.7. The van der Waals surface area contributed by atoms with Gasteiger partial charge in [0.2, 0.25) is 0 Å². The van der Waals surface area contributed by atoms with Crippen molar-refractivity contribution in [1.82, 2.24) is 9.97 Å². The van der Waals surface area contributed by atoms with Gasteiger partial charge >= 0.3 is 11.9 Å². The van der Waals surface area contributed by atoms with Gasteiger partial charge in [-0.1, -0.05) is 30.3 Å². The highest BCUT2D eigenvalue weighted by atomic mass is 32.1. The van der Waals surface area contributed by atoms with Crippen LogP contribution in [0.3, 0.4) is 0 Å². The minimum Gasteiger partial charge on any atom is -0.305 e. The monoisotopic (exact) mass is 296 g/mol. The van der Waals surface area contributed by atoms with Crippen molar-refractivity contribution in [2.24, 2.45) is 0 Å². The summed E-state index contributed by atoms with van der Waals surface area (Å²) in [5.74, 6) is 0. The fourth-order valence-corrected chi connectivity index (χ4v) is 2.81. The number of aromatic nitrogens is 2. The van der Waals surface area contributed by atoms with Crippen molar-refractivity contribution in [2.45, 2.75) is 6.18 Å². The highest BCUT2D eigenvalue weighted by Crippen LogP contribution is 2.39. The summed E-state index contributed by atoms with van der Waals surface area (Å²) in [6.07, 6.45) is -4.44. The number of nitrogens with one attached hydrogen (secondary N) is 1. The summed E-state index contributed by atoms with van der Waals surface area (Å²) >= 11 is 0.471. The van der Waals surface area contributed by atoms with Crippen LogP contribution in [-0.2, 0) is 6.18 Å². The van der Waals surface area contributed by atoms with Crippen LogP contribution in [0.1, 0.15) is 4.88 Å². The van der Waals surface area contributed by atoms with Crippen LogP contribution in [0.15, 0.2) is 41.2 Å². The lowest BCUT2D eigenvalue weighted by atomic mass is 10.1. The summed E-state index contributed by atoms with van der Waals surface area (Å²) < 4.78 is 38.3. The lowest BCUT2D eigenvalue weighted by Gasteiger charge is -2.02. The van der Waals surface area contributed by atoms with Crippen LogP contribution in [-0.4, -0.2) is 9.97 Å². The maximum absolute atomic E-state index is 12.8. The van der Waals surface area contributed by atoms with E-state index in [9.17, 15) is 18.0 Å². The Hall–Kier alpha value is -2.15. The molecule has 0 fully saturated rings. The van der Waals surface area contributed by atoms with Gasteiger partial charge in [0.05, 0.1) is 5.69 Å². The van der Waals surface area contributed by atoms with Crippen molar-refractivity contribution in [2.75, 3.05) is 0 Å². The Labute approximate surface area is 114 Å². The van der Waals surface area contributed by atoms with Gasteiger partial charge in [0.1, 0.15) is 9.71 Å². The van der Waals surface area contributed by atoms with E-state index in [2.05, 4.69) is 9.97 Å². The van der Waals surface area contributed by atoms with E-state index in [1.165, 1.54) is 0 Å². The predicted molar refractivity (Wildman–Crippen MR) is 70.7 cm³/mol. The van der Waals surface area contributed by atoms with Gasteiger partial charge in [0, 0.05) is 5.39 Å². The number of hydrogen-bond donors (Lipinski definition) is 1. The molecule has 0 aliphatic heterocycles.